The Morgan fingerprint density at radius 1 is 0.935 bits per heavy atom. The molecular weight excluding hydrogens is 390 g/mol. The SMILES string of the molecule is CCN(C(=O)c1cccc(NC(=O)CNCc2ccc(OC)cc2)c1)c1ccccc1. The van der Waals surface area contributed by atoms with Crippen molar-refractivity contribution in [2.24, 2.45) is 0 Å². The van der Waals surface area contributed by atoms with E-state index in [0.717, 1.165) is 17.0 Å². The van der Waals surface area contributed by atoms with Crippen molar-refractivity contribution in [1.29, 1.82) is 0 Å². The minimum absolute atomic E-state index is 0.109. The lowest BCUT2D eigenvalue weighted by molar-refractivity contribution is -0.115. The summed E-state index contributed by atoms with van der Waals surface area (Å²) in [6.07, 6.45) is 0. The smallest absolute Gasteiger partial charge is 0.258 e. The molecule has 3 aromatic rings. The number of carbonyl (C=O) groups is 2. The zero-order chi connectivity index (χ0) is 22.1. The zero-order valence-electron chi connectivity index (χ0n) is 17.8. The van der Waals surface area contributed by atoms with E-state index in [1.165, 1.54) is 0 Å². The van der Waals surface area contributed by atoms with Gasteiger partial charge in [-0.25, -0.2) is 0 Å². The van der Waals surface area contributed by atoms with E-state index in [-0.39, 0.29) is 18.4 Å². The number of nitrogens with zero attached hydrogens (tertiary/aromatic N) is 1. The Hall–Kier alpha value is -3.64. The first-order valence-corrected chi connectivity index (χ1v) is 10.2. The Labute approximate surface area is 182 Å². The Morgan fingerprint density at radius 2 is 1.68 bits per heavy atom. The van der Waals surface area contributed by atoms with Gasteiger partial charge in [-0.15, -0.1) is 0 Å². The first kappa shape index (κ1) is 22.1. The molecular formula is C25H27N3O3. The lowest BCUT2D eigenvalue weighted by atomic mass is 10.1. The van der Waals surface area contributed by atoms with E-state index >= 15 is 0 Å². The molecule has 3 aromatic carbocycles. The molecule has 0 fully saturated rings. The quantitative estimate of drug-likeness (QED) is 0.550. The number of para-hydroxylation sites is 1. The van der Waals surface area contributed by atoms with Gasteiger partial charge >= 0.3 is 0 Å². The predicted molar refractivity (Wildman–Crippen MR) is 124 cm³/mol. The summed E-state index contributed by atoms with van der Waals surface area (Å²) in [5.41, 5.74) is 3.01. The van der Waals surface area contributed by atoms with Gasteiger partial charge in [0.2, 0.25) is 5.91 Å². The van der Waals surface area contributed by atoms with Crippen molar-refractivity contribution in [3.8, 4) is 5.75 Å². The average molecular weight is 418 g/mol. The van der Waals surface area contributed by atoms with E-state index in [0.29, 0.717) is 24.3 Å². The number of hydrogen-bond donors (Lipinski definition) is 2. The van der Waals surface area contributed by atoms with Crippen molar-refractivity contribution in [1.82, 2.24) is 5.32 Å². The summed E-state index contributed by atoms with van der Waals surface area (Å²) in [6.45, 7) is 3.22. The monoisotopic (exact) mass is 417 g/mol. The lowest BCUT2D eigenvalue weighted by Crippen LogP contribution is -2.31. The fourth-order valence-corrected chi connectivity index (χ4v) is 3.21. The number of carbonyl (C=O) groups excluding carboxylic acids is 2. The Kier molecular flexibility index (Phi) is 7.79. The van der Waals surface area contributed by atoms with Crippen LogP contribution in [0.5, 0.6) is 5.75 Å². The summed E-state index contributed by atoms with van der Waals surface area (Å²) in [4.78, 5) is 27.0. The molecule has 2 amide bonds. The van der Waals surface area contributed by atoms with Gasteiger partial charge in [-0.3, -0.25) is 9.59 Å². The number of methoxy groups -OCH3 is 1. The maximum atomic E-state index is 13.0. The van der Waals surface area contributed by atoms with Gasteiger partial charge in [0.15, 0.2) is 0 Å². The van der Waals surface area contributed by atoms with Crippen LogP contribution in [0.4, 0.5) is 11.4 Å². The largest absolute Gasteiger partial charge is 0.497 e. The van der Waals surface area contributed by atoms with Gasteiger partial charge in [0.1, 0.15) is 5.75 Å². The summed E-state index contributed by atoms with van der Waals surface area (Å²) >= 11 is 0. The van der Waals surface area contributed by atoms with E-state index in [4.69, 9.17) is 4.74 Å². The molecule has 0 heterocycles. The van der Waals surface area contributed by atoms with Crippen LogP contribution in [0.15, 0.2) is 78.9 Å². The Balaban J connectivity index is 1.56. The fourth-order valence-electron chi connectivity index (χ4n) is 3.21. The van der Waals surface area contributed by atoms with E-state index in [1.54, 1.807) is 36.3 Å². The Bertz CT molecular complexity index is 1000. The van der Waals surface area contributed by atoms with E-state index < -0.39 is 0 Å². The minimum Gasteiger partial charge on any atom is -0.497 e. The average Bonchev–Trinajstić information content (AvgIpc) is 2.81. The van der Waals surface area contributed by atoms with Crippen LogP contribution in [0.1, 0.15) is 22.8 Å². The van der Waals surface area contributed by atoms with Gasteiger partial charge in [-0.2, -0.15) is 0 Å². The summed E-state index contributed by atoms with van der Waals surface area (Å²) in [5.74, 6) is 0.515. The minimum atomic E-state index is -0.173. The van der Waals surface area contributed by atoms with Gasteiger partial charge in [0, 0.05) is 30.0 Å². The van der Waals surface area contributed by atoms with Crippen molar-refractivity contribution in [2.75, 3.05) is 30.4 Å². The first-order chi connectivity index (χ1) is 15.1. The molecule has 2 N–H and O–H groups in total. The van der Waals surface area contributed by atoms with Crippen LogP contribution in [-0.4, -0.2) is 32.0 Å². The number of anilines is 2. The van der Waals surface area contributed by atoms with E-state index in [2.05, 4.69) is 10.6 Å². The molecule has 0 radical (unpaired) electrons. The first-order valence-electron chi connectivity index (χ1n) is 10.2. The molecule has 0 saturated heterocycles. The van der Waals surface area contributed by atoms with Gasteiger partial charge in [0.25, 0.3) is 5.91 Å². The van der Waals surface area contributed by atoms with Gasteiger partial charge in [0.05, 0.1) is 13.7 Å². The van der Waals surface area contributed by atoms with E-state index in [1.807, 2.05) is 61.5 Å². The van der Waals surface area contributed by atoms with Crippen molar-refractivity contribution < 1.29 is 14.3 Å². The number of hydrogen-bond acceptors (Lipinski definition) is 4. The highest BCUT2D eigenvalue weighted by molar-refractivity contribution is 6.07. The molecule has 0 saturated carbocycles. The predicted octanol–water partition coefficient (Wildman–Crippen LogP) is 4.09. The third-order valence-electron chi connectivity index (χ3n) is 4.80. The van der Waals surface area contributed by atoms with Crippen LogP contribution in [0, 0.1) is 0 Å². The lowest BCUT2D eigenvalue weighted by Gasteiger charge is -2.21. The van der Waals surface area contributed by atoms with Crippen molar-refractivity contribution in [3.63, 3.8) is 0 Å². The van der Waals surface area contributed by atoms with Crippen LogP contribution < -0.4 is 20.3 Å². The highest BCUT2D eigenvalue weighted by Crippen LogP contribution is 2.19. The maximum Gasteiger partial charge on any atom is 0.258 e. The van der Waals surface area contributed by atoms with Crippen LogP contribution in [0.2, 0.25) is 0 Å². The molecule has 6 nitrogen and oxygen atoms in total. The second-order valence-electron chi connectivity index (χ2n) is 6.97. The third kappa shape index (κ3) is 6.17. The highest BCUT2D eigenvalue weighted by Gasteiger charge is 2.16. The molecule has 6 heteroatoms. The van der Waals surface area contributed by atoms with Crippen molar-refractivity contribution >= 4 is 23.2 Å². The summed E-state index contributed by atoms with van der Waals surface area (Å²) < 4.78 is 5.14. The molecule has 160 valence electrons. The van der Waals surface area contributed by atoms with Crippen molar-refractivity contribution in [3.05, 3.63) is 90.0 Å². The number of rotatable bonds is 9. The van der Waals surface area contributed by atoms with Crippen LogP contribution in [0.25, 0.3) is 0 Å². The molecule has 0 aliphatic rings. The molecule has 0 spiro atoms. The van der Waals surface area contributed by atoms with Crippen molar-refractivity contribution in [2.45, 2.75) is 13.5 Å². The second kappa shape index (κ2) is 10.9. The van der Waals surface area contributed by atoms with Crippen LogP contribution in [0.3, 0.4) is 0 Å². The highest BCUT2D eigenvalue weighted by atomic mass is 16.5. The van der Waals surface area contributed by atoms with Crippen LogP contribution >= 0.6 is 0 Å². The molecule has 3 rings (SSSR count). The third-order valence-corrected chi connectivity index (χ3v) is 4.80. The zero-order valence-corrected chi connectivity index (χ0v) is 17.8. The molecule has 31 heavy (non-hydrogen) atoms. The van der Waals surface area contributed by atoms with Gasteiger partial charge in [-0.1, -0.05) is 36.4 Å². The van der Waals surface area contributed by atoms with Gasteiger partial charge < -0.3 is 20.3 Å². The Morgan fingerprint density at radius 3 is 2.35 bits per heavy atom. The number of amides is 2. The maximum absolute atomic E-state index is 13.0. The summed E-state index contributed by atoms with van der Waals surface area (Å²) in [6, 6.07) is 24.2. The van der Waals surface area contributed by atoms with Crippen LogP contribution in [-0.2, 0) is 11.3 Å². The van der Waals surface area contributed by atoms with Gasteiger partial charge in [-0.05, 0) is 55.0 Å². The second-order valence-corrected chi connectivity index (χ2v) is 6.97. The molecule has 0 unspecified atom stereocenters. The standard InChI is InChI=1S/C25H27N3O3/c1-3-28(22-10-5-4-6-11-22)25(30)20-8-7-9-21(16-20)27-24(29)18-26-17-19-12-14-23(31-2)15-13-19/h4-16,26H,3,17-18H2,1-2H3,(H,27,29). The molecule has 0 bridgehead atoms. The summed E-state index contributed by atoms with van der Waals surface area (Å²) in [5, 5.41) is 5.96. The molecule has 0 aliphatic heterocycles. The number of benzene rings is 3. The molecule has 0 aromatic heterocycles. The molecule has 0 aliphatic carbocycles. The normalized spacial score (nSPS) is 10.4. The number of ether oxygens (including phenoxy) is 1. The topological polar surface area (TPSA) is 70.7 Å². The molecule has 0 atom stereocenters. The summed E-state index contributed by atoms with van der Waals surface area (Å²) in [7, 11) is 1.63. The fraction of sp³-hybridized carbons (Fsp3) is 0.200. The van der Waals surface area contributed by atoms with E-state index in [9.17, 15) is 9.59 Å². The number of nitrogens with one attached hydrogen (secondary N) is 2.